The number of rotatable bonds is 13. The van der Waals surface area contributed by atoms with E-state index in [1.165, 1.54) is 11.8 Å². The SMILES string of the molecule is COc1ccc2ncc(CN3CCOCC3)c([C@H](O)CCC3(CC(=O)O)CCN(CCSc4cc(F)c(F)c(F)c4)CC3)c2c1. The molecule has 0 saturated carbocycles. The molecule has 1 aromatic heterocycles. The first-order valence-electron chi connectivity index (χ1n) is 15.3. The molecule has 0 radical (unpaired) electrons. The van der Waals surface area contributed by atoms with Gasteiger partial charge in [0.2, 0.25) is 0 Å². The smallest absolute Gasteiger partial charge is 0.303 e. The minimum atomic E-state index is -1.47. The summed E-state index contributed by atoms with van der Waals surface area (Å²) in [6.07, 6.45) is 3.28. The van der Waals surface area contributed by atoms with Gasteiger partial charge in [0, 0.05) is 48.4 Å². The molecule has 8 nitrogen and oxygen atoms in total. The van der Waals surface area contributed by atoms with Crippen molar-refractivity contribution in [2.45, 2.75) is 49.6 Å². The lowest BCUT2D eigenvalue weighted by atomic mass is 9.71. The highest BCUT2D eigenvalue weighted by Gasteiger charge is 2.37. The molecule has 0 amide bonds. The summed E-state index contributed by atoms with van der Waals surface area (Å²) in [5.74, 6) is -3.52. The average molecular weight is 648 g/mol. The van der Waals surface area contributed by atoms with Crippen molar-refractivity contribution in [1.82, 2.24) is 14.8 Å². The molecule has 244 valence electrons. The first kappa shape index (κ1) is 33.5. The Kier molecular flexibility index (Phi) is 11.2. The number of aliphatic hydroxyl groups is 1. The summed E-state index contributed by atoms with van der Waals surface area (Å²) in [4.78, 5) is 21.5. The molecule has 5 rings (SSSR count). The van der Waals surface area contributed by atoms with Gasteiger partial charge in [0.15, 0.2) is 17.5 Å². The first-order chi connectivity index (χ1) is 21.7. The fraction of sp³-hybridized carbons (Fsp3) is 0.515. The second kappa shape index (κ2) is 15.1. The number of ether oxygens (including phenoxy) is 2. The quantitative estimate of drug-likeness (QED) is 0.180. The molecule has 2 aliphatic heterocycles. The summed E-state index contributed by atoms with van der Waals surface area (Å²) < 4.78 is 51.4. The predicted molar refractivity (Wildman–Crippen MR) is 166 cm³/mol. The van der Waals surface area contributed by atoms with Gasteiger partial charge in [-0.2, -0.15) is 0 Å². The Hall–Kier alpha value is -2.90. The largest absolute Gasteiger partial charge is 0.497 e. The van der Waals surface area contributed by atoms with Crippen LogP contribution in [0.3, 0.4) is 0 Å². The van der Waals surface area contributed by atoms with Crippen molar-refractivity contribution >= 4 is 28.6 Å². The van der Waals surface area contributed by atoms with Gasteiger partial charge in [-0.15, -0.1) is 11.8 Å². The number of pyridine rings is 1. The standard InChI is InChI=1S/C33H40F3N3O5S/c1-43-23-2-3-28-25(16-23)31(22(20-37-28)21-39-10-13-44-14-11-39)29(40)4-5-33(19-30(41)42)6-8-38(9-7-33)12-15-45-24-17-26(34)32(36)27(35)18-24/h2-3,16-18,20,29,40H,4-15,19,21H2,1H3,(H,41,42)/t29-/m1/s1. The number of nitrogens with zero attached hydrogens (tertiary/aromatic N) is 3. The van der Waals surface area contributed by atoms with Gasteiger partial charge in [-0.05, 0) is 85.6 Å². The van der Waals surface area contributed by atoms with Crippen LogP contribution in [0.25, 0.3) is 10.9 Å². The number of halogens is 3. The molecule has 3 heterocycles. The third kappa shape index (κ3) is 8.48. The second-order valence-corrected chi connectivity index (χ2v) is 13.2. The topological polar surface area (TPSA) is 95.4 Å². The number of methoxy groups -OCH3 is 1. The number of piperidine rings is 1. The van der Waals surface area contributed by atoms with Crippen molar-refractivity contribution in [1.29, 1.82) is 0 Å². The van der Waals surface area contributed by atoms with Crippen molar-refractivity contribution in [3.8, 4) is 5.75 Å². The number of hydrogen-bond donors (Lipinski definition) is 2. The number of benzene rings is 2. The van der Waals surface area contributed by atoms with Gasteiger partial charge < -0.3 is 24.6 Å². The number of hydrogen-bond acceptors (Lipinski definition) is 8. The fourth-order valence-electron chi connectivity index (χ4n) is 6.46. The summed E-state index contributed by atoms with van der Waals surface area (Å²) >= 11 is 1.25. The second-order valence-electron chi connectivity index (χ2n) is 12.0. The molecule has 2 saturated heterocycles. The van der Waals surface area contributed by atoms with E-state index in [1.54, 1.807) is 7.11 Å². The van der Waals surface area contributed by atoms with E-state index in [1.807, 2.05) is 24.4 Å². The van der Waals surface area contributed by atoms with E-state index in [0.717, 1.165) is 47.3 Å². The van der Waals surface area contributed by atoms with Crippen LogP contribution in [0.4, 0.5) is 13.2 Å². The molecule has 3 aromatic rings. The summed E-state index contributed by atoms with van der Waals surface area (Å²) in [6, 6.07) is 7.62. The maximum absolute atomic E-state index is 13.6. The zero-order valence-corrected chi connectivity index (χ0v) is 26.3. The lowest BCUT2D eigenvalue weighted by Crippen LogP contribution is -2.42. The number of aliphatic carboxylic acids is 1. The molecular formula is C33H40F3N3O5S. The van der Waals surface area contributed by atoms with E-state index in [9.17, 15) is 28.2 Å². The third-order valence-electron chi connectivity index (χ3n) is 9.05. The van der Waals surface area contributed by atoms with E-state index >= 15 is 0 Å². The average Bonchev–Trinajstić information content (AvgIpc) is 3.03. The van der Waals surface area contributed by atoms with E-state index < -0.39 is 34.9 Å². The summed E-state index contributed by atoms with van der Waals surface area (Å²) in [6.45, 7) is 5.52. The van der Waals surface area contributed by atoms with Crippen LogP contribution in [-0.4, -0.2) is 89.8 Å². The summed E-state index contributed by atoms with van der Waals surface area (Å²) in [7, 11) is 1.60. The molecule has 1 atom stereocenters. The summed E-state index contributed by atoms with van der Waals surface area (Å²) in [5.41, 5.74) is 2.03. The highest BCUT2D eigenvalue weighted by Crippen LogP contribution is 2.43. The summed E-state index contributed by atoms with van der Waals surface area (Å²) in [5, 5.41) is 22.4. The molecule has 0 unspecified atom stereocenters. The Morgan fingerprint density at radius 3 is 2.47 bits per heavy atom. The van der Waals surface area contributed by atoms with E-state index in [-0.39, 0.29) is 6.42 Å². The van der Waals surface area contributed by atoms with Crippen molar-refractivity contribution in [2.24, 2.45) is 5.41 Å². The van der Waals surface area contributed by atoms with Crippen LogP contribution in [0.5, 0.6) is 5.75 Å². The molecule has 2 aromatic carbocycles. The van der Waals surface area contributed by atoms with Gasteiger partial charge >= 0.3 is 5.97 Å². The Balaban J connectivity index is 1.26. The van der Waals surface area contributed by atoms with Gasteiger partial charge in [-0.1, -0.05) is 0 Å². The van der Waals surface area contributed by atoms with Crippen LogP contribution >= 0.6 is 11.8 Å². The number of aromatic nitrogens is 1. The minimum Gasteiger partial charge on any atom is -0.497 e. The number of likely N-dealkylation sites (tertiary alicyclic amines) is 1. The van der Waals surface area contributed by atoms with Gasteiger partial charge in [0.05, 0.1) is 38.4 Å². The van der Waals surface area contributed by atoms with Crippen LogP contribution in [0.2, 0.25) is 0 Å². The van der Waals surface area contributed by atoms with Crippen molar-refractivity contribution in [3.05, 3.63) is 65.1 Å². The Morgan fingerprint density at radius 2 is 1.80 bits per heavy atom. The first-order valence-corrected chi connectivity index (χ1v) is 16.3. The van der Waals surface area contributed by atoms with Crippen LogP contribution in [0.1, 0.15) is 49.3 Å². The Bertz CT molecular complexity index is 1460. The van der Waals surface area contributed by atoms with Crippen molar-refractivity contribution in [2.75, 3.05) is 58.8 Å². The molecule has 0 spiro atoms. The molecule has 45 heavy (non-hydrogen) atoms. The van der Waals surface area contributed by atoms with Crippen molar-refractivity contribution in [3.63, 3.8) is 0 Å². The molecule has 2 aliphatic rings. The fourth-order valence-corrected chi connectivity index (χ4v) is 7.42. The van der Waals surface area contributed by atoms with Crippen LogP contribution in [0, 0.1) is 22.9 Å². The lowest BCUT2D eigenvalue weighted by molar-refractivity contribution is -0.141. The van der Waals surface area contributed by atoms with E-state index in [2.05, 4.69) is 14.8 Å². The number of carboxylic acids is 1. The minimum absolute atomic E-state index is 0.0159. The van der Waals surface area contributed by atoms with Gasteiger partial charge in [0.1, 0.15) is 5.75 Å². The van der Waals surface area contributed by atoms with E-state index in [0.29, 0.717) is 81.5 Å². The highest BCUT2D eigenvalue weighted by atomic mass is 32.2. The highest BCUT2D eigenvalue weighted by molar-refractivity contribution is 7.99. The van der Waals surface area contributed by atoms with Crippen molar-refractivity contribution < 1.29 is 37.7 Å². The van der Waals surface area contributed by atoms with Crippen LogP contribution in [0.15, 0.2) is 41.4 Å². The molecule has 12 heteroatoms. The number of aliphatic hydroxyl groups excluding tert-OH is 1. The monoisotopic (exact) mass is 647 g/mol. The number of morpholine rings is 1. The Labute approximate surface area is 265 Å². The van der Waals surface area contributed by atoms with Crippen LogP contribution in [-0.2, 0) is 16.1 Å². The lowest BCUT2D eigenvalue weighted by Gasteiger charge is -2.41. The maximum Gasteiger partial charge on any atom is 0.303 e. The number of thioether (sulfide) groups is 1. The third-order valence-corrected chi connectivity index (χ3v) is 10.0. The maximum atomic E-state index is 13.6. The number of carboxylic acid groups (broad SMARTS) is 1. The van der Waals surface area contributed by atoms with Crippen LogP contribution < -0.4 is 4.74 Å². The predicted octanol–water partition coefficient (Wildman–Crippen LogP) is 5.66. The molecule has 0 bridgehead atoms. The number of carbonyl (C=O) groups is 1. The number of fused-ring (bicyclic) bond motifs is 1. The van der Waals surface area contributed by atoms with Gasteiger partial charge in [0.25, 0.3) is 0 Å². The van der Waals surface area contributed by atoms with Gasteiger partial charge in [-0.3, -0.25) is 14.7 Å². The zero-order valence-electron chi connectivity index (χ0n) is 25.4. The van der Waals surface area contributed by atoms with Gasteiger partial charge in [-0.25, -0.2) is 13.2 Å². The molecule has 2 N–H and O–H groups in total. The van der Waals surface area contributed by atoms with E-state index in [4.69, 9.17) is 9.47 Å². The molecular weight excluding hydrogens is 607 g/mol. The Morgan fingerprint density at radius 1 is 1.09 bits per heavy atom. The zero-order chi connectivity index (χ0) is 32.0. The molecule has 2 fully saturated rings. The normalized spacial score (nSPS) is 18.2. The molecule has 0 aliphatic carbocycles.